The first-order valence-electron chi connectivity index (χ1n) is 6.27. The quantitative estimate of drug-likeness (QED) is 0.679. The van der Waals surface area contributed by atoms with Gasteiger partial charge < -0.3 is 0 Å². The Morgan fingerprint density at radius 3 is 2.26 bits per heavy atom. The van der Waals surface area contributed by atoms with Gasteiger partial charge >= 0.3 is 0 Å². The molecule has 0 atom stereocenters. The van der Waals surface area contributed by atoms with Crippen LogP contribution < -0.4 is 0 Å². The summed E-state index contributed by atoms with van der Waals surface area (Å²) >= 11 is 0. The second kappa shape index (κ2) is 5.02. The van der Waals surface area contributed by atoms with Gasteiger partial charge in [0.2, 0.25) is 0 Å². The molecule has 19 heavy (non-hydrogen) atoms. The van der Waals surface area contributed by atoms with Crippen LogP contribution in [0.25, 0.3) is 22.4 Å². The maximum Gasteiger partial charge on any atom is 0.0705 e. The molecule has 0 amide bonds. The van der Waals surface area contributed by atoms with Crippen LogP contribution in [0.2, 0.25) is 0 Å². The summed E-state index contributed by atoms with van der Waals surface area (Å²) in [7, 11) is 0. The molecule has 0 fully saturated rings. The molecule has 0 saturated heterocycles. The van der Waals surface area contributed by atoms with Gasteiger partial charge in [0.15, 0.2) is 0 Å². The summed E-state index contributed by atoms with van der Waals surface area (Å²) in [6.07, 6.45) is 5.51. The van der Waals surface area contributed by atoms with Crippen LogP contribution in [0, 0.1) is 6.92 Å². The van der Waals surface area contributed by atoms with Crippen molar-refractivity contribution in [2.45, 2.75) is 6.92 Å². The van der Waals surface area contributed by atoms with Gasteiger partial charge in [-0.2, -0.15) is 0 Å². The van der Waals surface area contributed by atoms with Crippen molar-refractivity contribution in [2.75, 3.05) is 0 Å². The van der Waals surface area contributed by atoms with Crippen molar-refractivity contribution in [3.8, 4) is 22.4 Å². The second-order valence-electron chi connectivity index (χ2n) is 4.48. The zero-order chi connectivity index (χ0) is 13.1. The molecule has 92 valence electrons. The fraction of sp³-hybridized carbons (Fsp3) is 0.0588. The van der Waals surface area contributed by atoms with Gasteiger partial charge in [0, 0.05) is 29.7 Å². The Kier molecular flexibility index (Phi) is 3.07. The van der Waals surface area contributed by atoms with Crippen LogP contribution in [-0.2, 0) is 0 Å². The van der Waals surface area contributed by atoms with Crippen molar-refractivity contribution in [1.82, 2.24) is 9.97 Å². The SMILES string of the molecule is Cc1ccccc1-c1ccc(-c2ccncc2)cn1. The van der Waals surface area contributed by atoms with Crippen molar-refractivity contribution in [2.24, 2.45) is 0 Å². The average molecular weight is 246 g/mol. The monoisotopic (exact) mass is 246 g/mol. The van der Waals surface area contributed by atoms with E-state index in [4.69, 9.17) is 0 Å². The van der Waals surface area contributed by atoms with Crippen LogP contribution in [-0.4, -0.2) is 9.97 Å². The number of pyridine rings is 2. The van der Waals surface area contributed by atoms with Gasteiger partial charge in [0.1, 0.15) is 0 Å². The number of aryl methyl sites for hydroxylation is 1. The van der Waals surface area contributed by atoms with Gasteiger partial charge in [0.05, 0.1) is 5.69 Å². The lowest BCUT2D eigenvalue weighted by atomic mass is 10.0. The maximum atomic E-state index is 4.57. The lowest BCUT2D eigenvalue weighted by Gasteiger charge is -2.06. The minimum atomic E-state index is 1.01. The molecule has 0 radical (unpaired) electrons. The Morgan fingerprint density at radius 1 is 0.789 bits per heavy atom. The van der Waals surface area contributed by atoms with E-state index in [1.54, 1.807) is 12.4 Å². The number of benzene rings is 1. The first-order valence-corrected chi connectivity index (χ1v) is 6.27. The van der Waals surface area contributed by atoms with E-state index < -0.39 is 0 Å². The summed E-state index contributed by atoms with van der Waals surface area (Å²) in [5, 5.41) is 0. The van der Waals surface area contributed by atoms with Gasteiger partial charge in [-0.25, -0.2) is 0 Å². The fourth-order valence-corrected chi connectivity index (χ4v) is 2.13. The molecule has 0 aliphatic heterocycles. The van der Waals surface area contributed by atoms with E-state index in [1.165, 1.54) is 11.1 Å². The Balaban J connectivity index is 1.98. The largest absolute Gasteiger partial charge is 0.265 e. The highest BCUT2D eigenvalue weighted by Gasteiger charge is 2.03. The molecule has 0 aliphatic rings. The smallest absolute Gasteiger partial charge is 0.0705 e. The van der Waals surface area contributed by atoms with E-state index in [2.05, 4.69) is 41.2 Å². The predicted octanol–water partition coefficient (Wildman–Crippen LogP) is 4.12. The minimum absolute atomic E-state index is 1.01. The molecule has 0 spiro atoms. The minimum Gasteiger partial charge on any atom is -0.265 e. The maximum absolute atomic E-state index is 4.57. The molecule has 2 aromatic heterocycles. The number of hydrogen-bond acceptors (Lipinski definition) is 2. The molecule has 2 nitrogen and oxygen atoms in total. The molecule has 0 aliphatic carbocycles. The molecule has 2 heteroatoms. The third-order valence-corrected chi connectivity index (χ3v) is 3.20. The van der Waals surface area contributed by atoms with Crippen LogP contribution in [0.1, 0.15) is 5.56 Å². The van der Waals surface area contributed by atoms with Crippen molar-refractivity contribution >= 4 is 0 Å². The first kappa shape index (κ1) is 11.6. The van der Waals surface area contributed by atoms with E-state index in [0.717, 1.165) is 16.8 Å². The molecule has 0 bridgehead atoms. The van der Waals surface area contributed by atoms with E-state index >= 15 is 0 Å². The van der Waals surface area contributed by atoms with Crippen molar-refractivity contribution in [3.05, 3.63) is 72.7 Å². The van der Waals surface area contributed by atoms with Crippen molar-refractivity contribution in [3.63, 3.8) is 0 Å². The van der Waals surface area contributed by atoms with E-state index in [-0.39, 0.29) is 0 Å². The second-order valence-corrected chi connectivity index (χ2v) is 4.48. The zero-order valence-electron chi connectivity index (χ0n) is 10.7. The van der Waals surface area contributed by atoms with Crippen LogP contribution >= 0.6 is 0 Å². The van der Waals surface area contributed by atoms with Crippen molar-refractivity contribution in [1.29, 1.82) is 0 Å². The molecular formula is C17H14N2. The van der Waals surface area contributed by atoms with Crippen LogP contribution in [0.15, 0.2) is 67.1 Å². The molecule has 3 rings (SSSR count). The predicted molar refractivity (Wildman–Crippen MR) is 77.6 cm³/mol. The number of hydrogen-bond donors (Lipinski definition) is 0. The summed E-state index contributed by atoms with van der Waals surface area (Å²) in [6, 6.07) is 16.4. The first-order chi connectivity index (χ1) is 9.34. The molecule has 0 saturated carbocycles. The highest BCUT2D eigenvalue weighted by atomic mass is 14.7. The van der Waals surface area contributed by atoms with E-state index in [0.29, 0.717) is 0 Å². The van der Waals surface area contributed by atoms with Crippen LogP contribution in [0.3, 0.4) is 0 Å². The fourth-order valence-electron chi connectivity index (χ4n) is 2.13. The summed E-state index contributed by atoms with van der Waals surface area (Å²) in [6.45, 7) is 2.10. The summed E-state index contributed by atoms with van der Waals surface area (Å²) in [4.78, 5) is 8.59. The standard InChI is InChI=1S/C17H14N2/c1-13-4-2-3-5-16(13)17-7-6-15(12-19-17)14-8-10-18-11-9-14/h2-12H,1H3. The molecule has 2 heterocycles. The normalized spacial score (nSPS) is 10.4. The Hall–Kier alpha value is -2.48. The number of nitrogens with zero attached hydrogens (tertiary/aromatic N) is 2. The molecular weight excluding hydrogens is 232 g/mol. The molecule has 3 aromatic rings. The highest BCUT2D eigenvalue weighted by Crippen LogP contribution is 2.24. The summed E-state index contributed by atoms with van der Waals surface area (Å²) in [5.41, 5.74) is 5.69. The summed E-state index contributed by atoms with van der Waals surface area (Å²) < 4.78 is 0. The highest BCUT2D eigenvalue weighted by molar-refractivity contribution is 5.68. The van der Waals surface area contributed by atoms with E-state index in [1.807, 2.05) is 30.5 Å². The van der Waals surface area contributed by atoms with Crippen LogP contribution in [0.5, 0.6) is 0 Å². The third kappa shape index (κ3) is 2.38. The molecule has 0 N–H and O–H groups in total. The van der Waals surface area contributed by atoms with Crippen LogP contribution in [0.4, 0.5) is 0 Å². The zero-order valence-corrected chi connectivity index (χ0v) is 10.7. The third-order valence-electron chi connectivity index (χ3n) is 3.20. The van der Waals surface area contributed by atoms with Gasteiger partial charge in [0.25, 0.3) is 0 Å². The van der Waals surface area contributed by atoms with Gasteiger partial charge in [-0.1, -0.05) is 30.3 Å². The Morgan fingerprint density at radius 2 is 1.58 bits per heavy atom. The topological polar surface area (TPSA) is 25.8 Å². The lowest BCUT2D eigenvalue weighted by molar-refractivity contribution is 1.29. The summed E-state index contributed by atoms with van der Waals surface area (Å²) in [5.74, 6) is 0. The van der Waals surface area contributed by atoms with E-state index in [9.17, 15) is 0 Å². The van der Waals surface area contributed by atoms with Gasteiger partial charge in [-0.15, -0.1) is 0 Å². The number of aromatic nitrogens is 2. The Labute approximate surface area is 112 Å². The van der Waals surface area contributed by atoms with Gasteiger partial charge in [-0.05, 0) is 36.2 Å². The lowest BCUT2D eigenvalue weighted by Crippen LogP contribution is -1.87. The molecule has 1 aromatic carbocycles. The number of rotatable bonds is 2. The molecule has 0 unspecified atom stereocenters. The Bertz CT molecular complexity index is 673. The average Bonchev–Trinajstić information content (AvgIpc) is 2.49. The van der Waals surface area contributed by atoms with Gasteiger partial charge in [-0.3, -0.25) is 9.97 Å². The van der Waals surface area contributed by atoms with Crippen molar-refractivity contribution < 1.29 is 0 Å².